The lowest BCUT2D eigenvalue weighted by atomic mass is 10.1. The summed E-state index contributed by atoms with van der Waals surface area (Å²) >= 11 is 5.28. The van der Waals surface area contributed by atoms with Crippen LogP contribution >= 0.6 is 12.2 Å². The van der Waals surface area contributed by atoms with E-state index in [1.54, 1.807) is 12.1 Å². The topological polar surface area (TPSA) is 24.1 Å². The first-order valence-electron chi connectivity index (χ1n) is 6.91. The predicted molar refractivity (Wildman–Crippen MR) is 90.2 cm³/mol. The zero-order chi connectivity index (χ0) is 15.2. The van der Waals surface area contributed by atoms with Crippen molar-refractivity contribution < 1.29 is 4.39 Å². The minimum Gasteiger partial charge on any atom is -0.362 e. The molecule has 0 spiro atoms. The highest BCUT2D eigenvalue weighted by atomic mass is 32.1. The van der Waals surface area contributed by atoms with Gasteiger partial charge in [-0.2, -0.15) is 0 Å². The molecule has 0 aliphatic carbocycles. The third-order valence-corrected chi connectivity index (χ3v) is 3.48. The predicted octanol–water partition coefficient (Wildman–Crippen LogP) is 3.97. The van der Waals surface area contributed by atoms with E-state index >= 15 is 0 Å². The second kappa shape index (κ2) is 7.18. The number of hydrogen-bond acceptors (Lipinski definition) is 1. The van der Waals surface area contributed by atoms with E-state index < -0.39 is 0 Å². The Balaban J connectivity index is 1.84. The van der Waals surface area contributed by atoms with Gasteiger partial charge in [0, 0.05) is 12.2 Å². The maximum atomic E-state index is 13.1. The van der Waals surface area contributed by atoms with E-state index in [4.69, 9.17) is 12.2 Å². The highest BCUT2D eigenvalue weighted by molar-refractivity contribution is 7.80. The van der Waals surface area contributed by atoms with Crippen LogP contribution in [0.4, 0.5) is 10.1 Å². The molecule has 110 valence electrons. The number of rotatable bonds is 4. The zero-order valence-corrected chi connectivity index (χ0v) is 13.1. The summed E-state index contributed by atoms with van der Waals surface area (Å²) in [7, 11) is 0. The van der Waals surface area contributed by atoms with Gasteiger partial charge in [-0.3, -0.25) is 0 Å². The van der Waals surface area contributed by atoms with Gasteiger partial charge in [0.05, 0.1) is 0 Å². The normalized spacial score (nSPS) is 10.2. The van der Waals surface area contributed by atoms with Gasteiger partial charge in [-0.05, 0) is 67.4 Å². The highest BCUT2D eigenvalue weighted by Crippen LogP contribution is 2.16. The van der Waals surface area contributed by atoms with Crippen molar-refractivity contribution in [1.29, 1.82) is 0 Å². The molecule has 2 aromatic rings. The van der Waals surface area contributed by atoms with Crippen molar-refractivity contribution in [2.75, 3.05) is 11.9 Å². The average molecular weight is 302 g/mol. The second-order valence-electron chi connectivity index (χ2n) is 5.08. The molecule has 21 heavy (non-hydrogen) atoms. The summed E-state index contributed by atoms with van der Waals surface area (Å²) in [6.45, 7) is 4.75. The molecule has 0 fully saturated rings. The van der Waals surface area contributed by atoms with Crippen LogP contribution in [0.5, 0.6) is 0 Å². The standard InChI is InChI=1S/C17H19FN2S/c1-12-6-7-13(2)16(10-12)20-17(21)19-9-8-14-4-3-5-15(18)11-14/h3-7,10-11H,8-9H2,1-2H3,(H2,19,20,21). The molecule has 0 atom stereocenters. The Bertz CT molecular complexity index is 640. The van der Waals surface area contributed by atoms with Crippen LogP contribution < -0.4 is 10.6 Å². The van der Waals surface area contributed by atoms with Crippen molar-refractivity contribution in [3.8, 4) is 0 Å². The molecule has 0 aliphatic heterocycles. The number of thiocarbonyl (C=S) groups is 1. The number of aryl methyl sites for hydroxylation is 2. The Labute approximate surface area is 130 Å². The molecular weight excluding hydrogens is 283 g/mol. The first kappa shape index (κ1) is 15.4. The molecule has 0 saturated heterocycles. The number of anilines is 1. The minimum absolute atomic E-state index is 0.205. The van der Waals surface area contributed by atoms with Gasteiger partial charge >= 0.3 is 0 Å². The van der Waals surface area contributed by atoms with Crippen molar-refractivity contribution >= 4 is 23.0 Å². The van der Waals surface area contributed by atoms with E-state index in [9.17, 15) is 4.39 Å². The maximum absolute atomic E-state index is 13.1. The quantitative estimate of drug-likeness (QED) is 0.836. The van der Waals surface area contributed by atoms with Crippen LogP contribution in [0.15, 0.2) is 42.5 Å². The fourth-order valence-electron chi connectivity index (χ4n) is 2.05. The molecule has 2 nitrogen and oxygen atoms in total. The van der Waals surface area contributed by atoms with Crippen LogP contribution in [-0.2, 0) is 6.42 Å². The fourth-order valence-corrected chi connectivity index (χ4v) is 2.26. The van der Waals surface area contributed by atoms with Crippen LogP contribution in [0.25, 0.3) is 0 Å². The monoisotopic (exact) mass is 302 g/mol. The van der Waals surface area contributed by atoms with Crippen LogP contribution in [0, 0.1) is 19.7 Å². The molecule has 2 aromatic carbocycles. The molecule has 4 heteroatoms. The summed E-state index contributed by atoms with van der Waals surface area (Å²) < 4.78 is 13.1. The van der Waals surface area contributed by atoms with Crippen molar-refractivity contribution in [1.82, 2.24) is 5.32 Å². The van der Waals surface area contributed by atoms with Crippen LogP contribution in [0.1, 0.15) is 16.7 Å². The number of nitrogens with one attached hydrogen (secondary N) is 2. The third kappa shape index (κ3) is 4.83. The Morgan fingerprint density at radius 2 is 1.95 bits per heavy atom. The number of halogens is 1. The molecule has 0 saturated carbocycles. The second-order valence-corrected chi connectivity index (χ2v) is 5.49. The van der Waals surface area contributed by atoms with Gasteiger partial charge in [0.15, 0.2) is 5.11 Å². The van der Waals surface area contributed by atoms with Crippen molar-refractivity contribution in [2.24, 2.45) is 0 Å². The molecule has 0 aromatic heterocycles. The molecule has 0 unspecified atom stereocenters. The van der Waals surface area contributed by atoms with E-state index in [0.717, 1.165) is 23.2 Å². The van der Waals surface area contributed by atoms with Gasteiger partial charge in [-0.25, -0.2) is 4.39 Å². The summed E-state index contributed by atoms with van der Waals surface area (Å²) in [5, 5.41) is 6.92. The molecule has 2 N–H and O–H groups in total. The fraction of sp³-hybridized carbons (Fsp3) is 0.235. The Kier molecular flexibility index (Phi) is 5.28. The lowest BCUT2D eigenvalue weighted by molar-refractivity contribution is 0.625. The van der Waals surface area contributed by atoms with Gasteiger partial charge in [-0.1, -0.05) is 24.3 Å². The van der Waals surface area contributed by atoms with Crippen LogP contribution in [-0.4, -0.2) is 11.7 Å². The van der Waals surface area contributed by atoms with Crippen molar-refractivity contribution in [2.45, 2.75) is 20.3 Å². The molecule has 0 amide bonds. The summed E-state index contributed by atoms with van der Waals surface area (Å²) in [5.41, 5.74) is 4.30. The van der Waals surface area contributed by atoms with E-state index in [-0.39, 0.29) is 5.82 Å². The smallest absolute Gasteiger partial charge is 0.170 e. The van der Waals surface area contributed by atoms with E-state index in [0.29, 0.717) is 11.7 Å². The maximum Gasteiger partial charge on any atom is 0.170 e. The van der Waals surface area contributed by atoms with E-state index in [1.807, 2.05) is 19.9 Å². The molecular formula is C17H19FN2S. The van der Waals surface area contributed by atoms with Crippen LogP contribution in [0.2, 0.25) is 0 Å². The molecule has 0 heterocycles. The van der Waals surface area contributed by atoms with Crippen molar-refractivity contribution in [3.63, 3.8) is 0 Å². The van der Waals surface area contributed by atoms with Gasteiger partial charge in [0.25, 0.3) is 0 Å². The SMILES string of the molecule is Cc1ccc(C)c(NC(=S)NCCc2cccc(F)c2)c1. The Morgan fingerprint density at radius 3 is 2.71 bits per heavy atom. The average Bonchev–Trinajstić information content (AvgIpc) is 2.43. The summed E-state index contributed by atoms with van der Waals surface area (Å²) in [5.74, 6) is -0.205. The van der Waals surface area contributed by atoms with Crippen molar-refractivity contribution in [3.05, 3.63) is 65.0 Å². The van der Waals surface area contributed by atoms with Gasteiger partial charge in [-0.15, -0.1) is 0 Å². The highest BCUT2D eigenvalue weighted by Gasteiger charge is 2.02. The van der Waals surface area contributed by atoms with Gasteiger partial charge in [0.1, 0.15) is 5.82 Å². The first-order chi connectivity index (χ1) is 10.0. The lowest BCUT2D eigenvalue weighted by Crippen LogP contribution is -2.30. The summed E-state index contributed by atoms with van der Waals surface area (Å²) in [6, 6.07) is 12.8. The molecule has 0 aliphatic rings. The number of benzene rings is 2. The summed E-state index contributed by atoms with van der Waals surface area (Å²) in [6.07, 6.45) is 0.729. The van der Waals surface area contributed by atoms with E-state index in [2.05, 4.69) is 28.8 Å². The Morgan fingerprint density at radius 1 is 1.14 bits per heavy atom. The first-order valence-corrected chi connectivity index (χ1v) is 7.32. The zero-order valence-electron chi connectivity index (χ0n) is 12.2. The van der Waals surface area contributed by atoms with E-state index in [1.165, 1.54) is 11.6 Å². The third-order valence-electron chi connectivity index (χ3n) is 3.23. The molecule has 2 rings (SSSR count). The van der Waals surface area contributed by atoms with Gasteiger partial charge in [0.2, 0.25) is 0 Å². The minimum atomic E-state index is -0.205. The Hall–Kier alpha value is -1.94. The molecule has 0 bridgehead atoms. The molecule has 0 radical (unpaired) electrons. The number of hydrogen-bond donors (Lipinski definition) is 2. The summed E-state index contributed by atoms with van der Waals surface area (Å²) in [4.78, 5) is 0. The van der Waals surface area contributed by atoms with Gasteiger partial charge < -0.3 is 10.6 Å². The lowest BCUT2D eigenvalue weighted by Gasteiger charge is -2.13. The largest absolute Gasteiger partial charge is 0.362 e. The van der Waals surface area contributed by atoms with Crippen LogP contribution in [0.3, 0.4) is 0 Å².